The summed E-state index contributed by atoms with van der Waals surface area (Å²) in [6, 6.07) is 12.4. The average molecular weight is 512 g/mol. The number of halogens is 1. The van der Waals surface area contributed by atoms with E-state index < -0.39 is 0 Å². The molecule has 0 aliphatic carbocycles. The predicted molar refractivity (Wildman–Crippen MR) is 129 cm³/mol. The van der Waals surface area contributed by atoms with Crippen LogP contribution in [0.4, 0.5) is 5.69 Å². The minimum Gasteiger partial charge on any atom is -0.356 e. The van der Waals surface area contributed by atoms with Crippen molar-refractivity contribution in [2.24, 2.45) is 4.99 Å². The van der Waals surface area contributed by atoms with Crippen molar-refractivity contribution >= 4 is 52.9 Å². The summed E-state index contributed by atoms with van der Waals surface area (Å²) in [6.45, 7) is 4.58. The average Bonchev–Trinajstić information content (AvgIpc) is 3.37. The van der Waals surface area contributed by atoms with Gasteiger partial charge in [-0.15, -0.1) is 35.3 Å². The van der Waals surface area contributed by atoms with Gasteiger partial charge in [0.2, 0.25) is 5.91 Å². The van der Waals surface area contributed by atoms with Gasteiger partial charge in [-0.25, -0.2) is 0 Å². The molecule has 7 heteroatoms. The zero-order valence-electron chi connectivity index (χ0n) is 16.5. The fourth-order valence-electron chi connectivity index (χ4n) is 3.32. The second-order valence-corrected chi connectivity index (χ2v) is 7.80. The molecule has 2 N–H and O–H groups in total. The van der Waals surface area contributed by atoms with Crippen LogP contribution in [0.5, 0.6) is 0 Å². The van der Waals surface area contributed by atoms with Gasteiger partial charge in [-0.05, 0) is 35.9 Å². The van der Waals surface area contributed by atoms with Crippen molar-refractivity contribution < 1.29 is 4.79 Å². The molecule has 0 saturated carbocycles. The number of carbonyl (C=O) groups is 1. The highest BCUT2D eigenvalue weighted by Gasteiger charge is 2.23. The molecule has 0 fully saturated rings. The fourth-order valence-corrected chi connectivity index (χ4v) is 4.11. The predicted octanol–water partition coefficient (Wildman–Crippen LogP) is 4.00. The van der Waals surface area contributed by atoms with Gasteiger partial charge in [-0.1, -0.05) is 31.2 Å². The number of carbonyl (C=O) groups excluding carboxylic acids is 1. The van der Waals surface area contributed by atoms with E-state index in [0.717, 1.165) is 44.1 Å². The first-order valence-corrected chi connectivity index (χ1v) is 10.4. The maximum Gasteiger partial charge on any atom is 0.227 e. The van der Waals surface area contributed by atoms with E-state index in [4.69, 9.17) is 0 Å². The Morgan fingerprint density at radius 1 is 1.25 bits per heavy atom. The molecule has 1 aromatic carbocycles. The van der Waals surface area contributed by atoms with Crippen LogP contribution in [0.25, 0.3) is 0 Å². The van der Waals surface area contributed by atoms with Crippen molar-refractivity contribution in [3.8, 4) is 0 Å². The molecule has 5 nitrogen and oxygen atoms in total. The number of hydrogen-bond acceptors (Lipinski definition) is 3. The van der Waals surface area contributed by atoms with E-state index in [2.05, 4.69) is 46.1 Å². The molecule has 28 heavy (non-hydrogen) atoms. The number of nitrogens with one attached hydrogen (secondary N) is 2. The summed E-state index contributed by atoms with van der Waals surface area (Å²) in [4.78, 5) is 20.1. The van der Waals surface area contributed by atoms with Gasteiger partial charge in [-0.3, -0.25) is 9.79 Å². The van der Waals surface area contributed by atoms with Crippen molar-refractivity contribution in [2.45, 2.75) is 32.1 Å². The second-order valence-electron chi connectivity index (χ2n) is 6.82. The van der Waals surface area contributed by atoms with Crippen LogP contribution in [0.3, 0.4) is 0 Å². The number of benzene rings is 1. The minimum absolute atomic E-state index is 0. The quantitative estimate of drug-likeness (QED) is 0.255. The fraction of sp³-hybridized carbons (Fsp3) is 0.429. The Balaban J connectivity index is 0.00000280. The van der Waals surface area contributed by atoms with E-state index in [1.165, 1.54) is 10.4 Å². The normalized spacial score (nSPS) is 14.2. The standard InChI is InChI=1S/C21H28N4OS.HI/c1-16(19-9-6-14-27-19)15-24-21(22-2)23-12-5-10-20(26)25-13-11-17-7-3-4-8-18(17)25;/h3-4,6-9,14,16H,5,10-13,15H2,1-2H3,(H2,22,23,24);1H. The minimum atomic E-state index is 0. The third-order valence-electron chi connectivity index (χ3n) is 4.88. The van der Waals surface area contributed by atoms with Gasteiger partial charge in [0.05, 0.1) is 0 Å². The first-order valence-electron chi connectivity index (χ1n) is 9.55. The van der Waals surface area contributed by atoms with E-state index in [1.807, 2.05) is 23.1 Å². The molecule has 1 aliphatic heterocycles. The topological polar surface area (TPSA) is 56.7 Å². The van der Waals surface area contributed by atoms with Crippen LogP contribution < -0.4 is 15.5 Å². The highest BCUT2D eigenvalue weighted by Crippen LogP contribution is 2.28. The molecule has 1 unspecified atom stereocenters. The molecule has 0 saturated heterocycles. The molecule has 1 aliphatic rings. The van der Waals surface area contributed by atoms with Gasteiger partial charge in [0.25, 0.3) is 0 Å². The molecule has 0 spiro atoms. The highest BCUT2D eigenvalue weighted by molar-refractivity contribution is 14.0. The van der Waals surface area contributed by atoms with Crippen LogP contribution in [-0.4, -0.2) is 38.5 Å². The Morgan fingerprint density at radius 2 is 2.07 bits per heavy atom. The lowest BCUT2D eigenvalue weighted by atomic mass is 10.1. The van der Waals surface area contributed by atoms with Crippen molar-refractivity contribution in [3.63, 3.8) is 0 Å². The van der Waals surface area contributed by atoms with E-state index in [1.54, 1.807) is 18.4 Å². The monoisotopic (exact) mass is 512 g/mol. The highest BCUT2D eigenvalue weighted by atomic mass is 127. The van der Waals surface area contributed by atoms with Crippen molar-refractivity contribution in [3.05, 3.63) is 52.2 Å². The van der Waals surface area contributed by atoms with Gasteiger partial charge in [0.1, 0.15) is 0 Å². The van der Waals surface area contributed by atoms with Gasteiger partial charge < -0.3 is 15.5 Å². The number of rotatable bonds is 7. The van der Waals surface area contributed by atoms with Crippen LogP contribution in [0.15, 0.2) is 46.8 Å². The van der Waals surface area contributed by atoms with Gasteiger partial charge in [0, 0.05) is 49.6 Å². The number of para-hydroxylation sites is 1. The number of fused-ring (bicyclic) bond motifs is 1. The Labute approximate surface area is 188 Å². The molecule has 0 radical (unpaired) electrons. The molecular formula is C21H29IN4OS. The molecule has 1 atom stereocenters. The Hall–Kier alpha value is -1.61. The van der Waals surface area contributed by atoms with Crippen molar-refractivity contribution in [1.82, 2.24) is 10.6 Å². The number of amides is 1. The Bertz CT molecular complexity index is 778. The zero-order valence-corrected chi connectivity index (χ0v) is 19.6. The summed E-state index contributed by atoms with van der Waals surface area (Å²) >= 11 is 1.78. The van der Waals surface area contributed by atoms with Crippen LogP contribution in [0.1, 0.15) is 36.1 Å². The summed E-state index contributed by atoms with van der Waals surface area (Å²) in [6.07, 6.45) is 2.29. The molecule has 2 aromatic rings. The van der Waals surface area contributed by atoms with Crippen LogP contribution in [0.2, 0.25) is 0 Å². The van der Waals surface area contributed by atoms with Crippen molar-refractivity contribution in [1.29, 1.82) is 0 Å². The van der Waals surface area contributed by atoms with Crippen LogP contribution in [0, 0.1) is 0 Å². The number of aliphatic imine (C=N–C) groups is 1. The number of anilines is 1. The van der Waals surface area contributed by atoms with E-state index in [9.17, 15) is 4.79 Å². The Morgan fingerprint density at radius 3 is 2.82 bits per heavy atom. The van der Waals surface area contributed by atoms with E-state index in [0.29, 0.717) is 12.3 Å². The molecule has 152 valence electrons. The summed E-state index contributed by atoms with van der Waals surface area (Å²) in [5.74, 6) is 1.44. The van der Waals surface area contributed by atoms with Crippen LogP contribution >= 0.6 is 35.3 Å². The van der Waals surface area contributed by atoms with E-state index >= 15 is 0 Å². The maximum atomic E-state index is 12.5. The maximum absolute atomic E-state index is 12.5. The lowest BCUT2D eigenvalue weighted by Crippen LogP contribution is -2.39. The summed E-state index contributed by atoms with van der Waals surface area (Å²) in [7, 11) is 1.78. The summed E-state index contributed by atoms with van der Waals surface area (Å²) in [5, 5.41) is 8.78. The third kappa shape index (κ3) is 5.94. The molecular weight excluding hydrogens is 483 g/mol. The number of thiophene rings is 1. The molecule has 3 rings (SSSR count). The molecule has 2 heterocycles. The lowest BCUT2D eigenvalue weighted by molar-refractivity contribution is -0.118. The number of nitrogens with zero attached hydrogens (tertiary/aromatic N) is 2. The van der Waals surface area contributed by atoms with Gasteiger partial charge in [0.15, 0.2) is 5.96 Å². The van der Waals surface area contributed by atoms with Gasteiger partial charge >= 0.3 is 0 Å². The van der Waals surface area contributed by atoms with E-state index in [-0.39, 0.29) is 29.9 Å². The Kier molecular flexibility index (Phi) is 9.24. The SMILES string of the molecule is CN=C(NCCCC(=O)N1CCc2ccccc21)NCC(C)c1cccs1.I. The first-order chi connectivity index (χ1) is 13.2. The molecule has 1 aromatic heterocycles. The lowest BCUT2D eigenvalue weighted by Gasteiger charge is -2.18. The smallest absolute Gasteiger partial charge is 0.227 e. The largest absolute Gasteiger partial charge is 0.356 e. The summed E-state index contributed by atoms with van der Waals surface area (Å²) in [5.41, 5.74) is 2.35. The number of guanidine groups is 1. The zero-order chi connectivity index (χ0) is 19.1. The first kappa shape index (κ1) is 22.7. The van der Waals surface area contributed by atoms with Gasteiger partial charge in [-0.2, -0.15) is 0 Å². The van der Waals surface area contributed by atoms with Crippen molar-refractivity contribution in [2.75, 3.05) is 31.6 Å². The third-order valence-corrected chi connectivity index (χ3v) is 5.98. The summed E-state index contributed by atoms with van der Waals surface area (Å²) < 4.78 is 0. The second kappa shape index (κ2) is 11.4. The number of hydrogen-bond donors (Lipinski definition) is 2. The molecule has 0 bridgehead atoms. The molecule has 1 amide bonds. The van der Waals surface area contributed by atoms with Crippen LogP contribution in [-0.2, 0) is 11.2 Å².